The summed E-state index contributed by atoms with van der Waals surface area (Å²) < 4.78 is 10.7. The second kappa shape index (κ2) is 3.34. The van der Waals surface area contributed by atoms with Crippen molar-refractivity contribution in [3.63, 3.8) is 0 Å². The molecule has 1 saturated heterocycles. The Morgan fingerprint density at radius 3 is 2.82 bits per heavy atom. The van der Waals surface area contributed by atoms with E-state index in [9.17, 15) is 0 Å². The van der Waals surface area contributed by atoms with E-state index in [0.29, 0.717) is 6.61 Å². The van der Waals surface area contributed by atoms with Crippen molar-refractivity contribution in [1.29, 1.82) is 0 Å². The quantitative estimate of drug-likeness (QED) is 0.601. The molecule has 3 nitrogen and oxygen atoms in total. The predicted octanol–water partition coefficient (Wildman–Crippen LogP) is 0.686. The van der Waals surface area contributed by atoms with Crippen LogP contribution in [-0.2, 0) is 9.47 Å². The molecular weight excluding hydrogens is 144 g/mol. The molecule has 0 spiro atoms. The monoisotopic (exact) mass is 158 g/mol. The largest absolute Gasteiger partial charge is 0.392 e. The van der Waals surface area contributed by atoms with Gasteiger partial charge < -0.3 is 14.6 Å². The van der Waals surface area contributed by atoms with Crippen LogP contribution in [-0.4, -0.2) is 30.2 Å². The molecule has 0 saturated carbocycles. The highest BCUT2D eigenvalue weighted by atomic mass is 16.7. The Kier molecular flexibility index (Phi) is 2.65. The highest BCUT2D eigenvalue weighted by molar-refractivity contribution is 4.92. The molecule has 0 aliphatic carbocycles. The molecule has 1 unspecified atom stereocenters. The fraction of sp³-hybridized carbons (Fsp3) is 0.750. The van der Waals surface area contributed by atoms with Crippen molar-refractivity contribution in [3.05, 3.63) is 12.2 Å². The van der Waals surface area contributed by atoms with Gasteiger partial charge in [-0.15, -0.1) is 0 Å². The lowest BCUT2D eigenvalue weighted by Gasteiger charge is -2.15. The Labute approximate surface area is 66.6 Å². The van der Waals surface area contributed by atoms with Crippen LogP contribution < -0.4 is 0 Å². The standard InChI is InChI=1S/C8H14O3/c1-8(2)10-6-7(11-8)4-3-5-9/h3-4,7,9H,5-6H2,1-2H3/b4-3+. The van der Waals surface area contributed by atoms with Crippen LogP contribution in [0.4, 0.5) is 0 Å². The van der Waals surface area contributed by atoms with Gasteiger partial charge in [0, 0.05) is 0 Å². The van der Waals surface area contributed by atoms with Crippen LogP contribution in [0.2, 0.25) is 0 Å². The summed E-state index contributed by atoms with van der Waals surface area (Å²) in [5.74, 6) is -0.468. The van der Waals surface area contributed by atoms with Gasteiger partial charge in [0.15, 0.2) is 5.79 Å². The van der Waals surface area contributed by atoms with Gasteiger partial charge in [-0.2, -0.15) is 0 Å². The first kappa shape index (κ1) is 8.71. The number of rotatable bonds is 2. The Bertz CT molecular complexity index is 151. The first-order chi connectivity index (χ1) is 5.14. The van der Waals surface area contributed by atoms with Crippen LogP contribution >= 0.6 is 0 Å². The molecule has 1 aliphatic heterocycles. The van der Waals surface area contributed by atoms with Crippen LogP contribution in [0.15, 0.2) is 12.2 Å². The smallest absolute Gasteiger partial charge is 0.163 e. The molecule has 1 rings (SSSR count). The average molecular weight is 158 g/mol. The normalized spacial score (nSPS) is 29.9. The number of aliphatic hydroxyl groups excluding tert-OH is 1. The van der Waals surface area contributed by atoms with E-state index < -0.39 is 5.79 Å². The maximum absolute atomic E-state index is 8.47. The van der Waals surface area contributed by atoms with Gasteiger partial charge in [0.25, 0.3) is 0 Å². The minimum absolute atomic E-state index is 0.00264. The lowest BCUT2D eigenvalue weighted by molar-refractivity contribution is -0.133. The van der Waals surface area contributed by atoms with Gasteiger partial charge in [-0.3, -0.25) is 0 Å². The van der Waals surface area contributed by atoms with Gasteiger partial charge in [0.05, 0.1) is 13.2 Å². The zero-order valence-corrected chi connectivity index (χ0v) is 6.91. The van der Waals surface area contributed by atoms with Crippen LogP contribution in [0.3, 0.4) is 0 Å². The molecule has 1 atom stereocenters. The third-order valence-corrected chi connectivity index (χ3v) is 1.49. The fourth-order valence-electron chi connectivity index (χ4n) is 1.02. The number of hydrogen-bond donors (Lipinski definition) is 1. The minimum atomic E-state index is -0.468. The van der Waals surface area contributed by atoms with Crippen LogP contribution in [0.1, 0.15) is 13.8 Å². The highest BCUT2D eigenvalue weighted by Crippen LogP contribution is 2.22. The number of hydrogen-bond acceptors (Lipinski definition) is 3. The third kappa shape index (κ3) is 2.61. The molecule has 64 valence electrons. The summed E-state index contributed by atoms with van der Waals surface area (Å²) in [7, 11) is 0. The Morgan fingerprint density at radius 1 is 1.64 bits per heavy atom. The SMILES string of the molecule is CC1(C)OCC(/C=C/CO)O1. The van der Waals surface area contributed by atoms with Crippen molar-refractivity contribution in [1.82, 2.24) is 0 Å². The summed E-state index contributed by atoms with van der Waals surface area (Å²) in [5, 5.41) is 8.47. The van der Waals surface area contributed by atoms with Crippen molar-refractivity contribution in [2.45, 2.75) is 25.7 Å². The average Bonchev–Trinajstić information content (AvgIpc) is 2.26. The maximum Gasteiger partial charge on any atom is 0.163 e. The lowest BCUT2D eigenvalue weighted by atomic mass is 10.3. The highest BCUT2D eigenvalue weighted by Gasteiger charge is 2.30. The van der Waals surface area contributed by atoms with Gasteiger partial charge in [-0.05, 0) is 13.8 Å². The van der Waals surface area contributed by atoms with E-state index in [1.54, 1.807) is 6.08 Å². The Balaban J connectivity index is 2.36. The molecular formula is C8H14O3. The molecule has 0 bridgehead atoms. The van der Waals surface area contributed by atoms with Gasteiger partial charge in [-0.25, -0.2) is 0 Å². The lowest BCUT2D eigenvalue weighted by Crippen LogP contribution is -2.20. The molecule has 0 aromatic rings. The molecule has 0 aromatic carbocycles. The van der Waals surface area contributed by atoms with Crippen LogP contribution in [0, 0.1) is 0 Å². The summed E-state index contributed by atoms with van der Waals surface area (Å²) in [6, 6.07) is 0. The third-order valence-electron chi connectivity index (χ3n) is 1.49. The van der Waals surface area contributed by atoms with Crippen LogP contribution in [0.25, 0.3) is 0 Å². The molecule has 11 heavy (non-hydrogen) atoms. The van der Waals surface area contributed by atoms with Gasteiger partial charge >= 0.3 is 0 Å². The molecule has 1 aliphatic rings. The second-order valence-electron chi connectivity index (χ2n) is 2.98. The van der Waals surface area contributed by atoms with E-state index in [1.165, 1.54) is 0 Å². The Hall–Kier alpha value is -0.380. The summed E-state index contributed by atoms with van der Waals surface area (Å²) in [4.78, 5) is 0. The van der Waals surface area contributed by atoms with Gasteiger partial charge in [0.1, 0.15) is 6.10 Å². The van der Waals surface area contributed by atoms with Crippen molar-refractivity contribution < 1.29 is 14.6 Å². The van der Waals surface area contributed by atoms with Gasteiger partial charge in [0.2, 0.25) is 0 Å². The molecule has 1 N–H and O–H groups in total. The summed E-state index contributed by atoms with van der Waals surface area (Å²) in [5.41, 5.74) is 0. The molecule has 1 heterocycles. The molecule has 1 fully saturated rings. The molecule has 0 amide bonds. The second-order valence-corrected chi connectivity index (χ2v) is 2.98. The number of ether oxygens (including phenoxy) is 2. The zero-order chi connectivity index (χ0) is 8.32. The Morgan fingerprint density at radius 2 is 2.36 bits per heavy atom. The molecule has 0 aromatic heterocycles. The van der Waals surface area contributed by atoms with Crippen molar-refractivity contribution in [2.75, 3.05) is 13.2 Å². The summed E-state index contributed by atoms with van der Waals surface area (Å²) in [6.45, 7) is 4.38. The summed E-state index contributed by atoms with van der Waals surface area (Å²) >= 11 is 0. The topological polar surface area (TPSA) is 38.7 Å². The fourth-order valence-corrected chi connectivity index (χ4v) is 1.02. The van der Waals surface area contributed by atoms with E-state index in [0.717, 1.165) is 0 Å². The van der Waals surface area contributed by atoms with E-state index in [2.05, 4.69) is 0 Å². The number of aliphatic hydroxyl groups is 1. The maximum atomic E-state index is 8.47. The van der Waals surface area contributed by atoms with Gasteiger partial charge in [-0.1, -0.05) is 12.2 Å². The predicted molar refractivity (Wildman–Crippen MR) is 41.1 cm³/mol. The minimum Gasteiger partial charge on any atom is -0.392 e. The zero-order valence-electron chi connectivity index (χ0n) is 6.91. The van der Waals surface area contributed by atoms with E-state index in [4.69, 9.17) is 14.6 Å². The molecule has 0 radical (unpaired) electrons. The summed E-state index contributed by atoms with van der Waals surface area (Å²) in [6.07, 6.45) is 3.47. The first-order valence-electron chi connectivity index (χ1n) is 3.73. The van der Waals surface area contributed by atoms with Crippen molar-refractivity contribution in [2.24, 2.45) is 0 Å². The van der Waals surface area contributed by atoms with Crippen molar-refractivity contribution >= 4 is 0 Å². The van der Waals surface area contributed by atoms with Crippen LogP contribution in [0.5, 0.6) is 0 Å². The van der Waals surface area contributed by atoms with E-state index in [-0.39, 0.29) is 12.7 Å². The first-order valence-corrected chi connectivity index (χ1v) is 3.73. The van der Waals surface area contributed by atoms with E-state index >= 15 is 0 Å². The van der Waals surface area contributed by atoms with Crippen molar-refractivity contribution in [3.8, 4) is 0 Å². The molecule has 3 heteroatoms. The van der Waals surface area contributed by atoms with E-state index in [1.807, 2.05) is 19.9 Å².